The second kappa shape index (κ2) is 6.54. The van der Waals surface area contributed by atoms with E-state index in [1.165, 1.54) is 27.5 Å². The van der Waals surface area contributed by atoms with E-state index < -0.39 is 0 Å². The Morgan fingerprint density at radius 1 is 1.04 bits per heavy atom. The summed E-state index contributed by atoms with van der Waals surface area (Å²) in [5.74, 6) is 0.405. The van der Waals surface area contributed by atoms with Crippen molar-refractivity contribution >= 4 is 21.7 Å². The summed E-state index contributed by atoms with van der Waals surface area (Å²) in [7, 11) is 1.98. The molecule has 0 aliphatic rings. The van der Waals surface area contributed by atoms with Crippen LogP contribution in [0.4, 0.5) is 0 Å². The zero-order chi connectivity index (χ0) is 18.3. The quantitative estimate of drug-likeness (QED) is 0.552. The molecule has 2 aromatic heterocycles. The molecule has 26 heavy (non-hydrogen) atoms. The van der Waals surface area contributed by atoms with E-state index in [9.17, 15) is 0 Å². The maximum Gasteiger partial charge on any atom is 0.0793 e. The molecule has 0 bridgehead atoms. The first-order chi connectivity index (χ1) is 12.6. The lowest BCUT2D eigenvalue weighted by molar-refractivity contribution is 0.812. The molecule has 2 aromatic carbocycles. The maximum absolute atomic E-state index is 5.08. The first-order valence-corrected chi connectivity index (χ1v) is 9.11. The Balaban J connectivity index is 2.14. The predicted molar refractivity (Wildman–Crippen MR) is 108 cm³/mol. The second-order valence-electron chi connectivity index (χ2n) is 7.12. The van der Waals surface area contributed by atoms with Gasteiger partial charge in [0, 0.05) is 28.6 Å². The minimum absolute atomic E-state index is 0.405. The lowest BCUT2D eigenvalue weighted by atomic mass is 9.89. The third-order valence-electron chi connectivity index (χ3n) is 5.09. The van der Waals surface area contributed by atoms with Crippen LogP contribution >= 0.6 is 0 Å². The van der Waals surface area contributed by atoms with Gasteiger partial charge in [0.1, 0.15) is 0 Å². The van der Waals surface area contributed by atoms with Crippen LogP contribution in [-0.2, 0) is 6.54 Å². The summed E-state index contributed by atoms with van der Waals surface area (Å²) in [6.45, 7) is 7.38. The summed E-state index contributed by atoms with van der Waals surface area (Å²) in [6, 6.07) is 12.9. The van der Waals surface area contributed by atoms with E-state index in [2.05, 4.69) is 72.7 Å². The number of pyridine rings is 1. The maximum atomic E-state index is 5.08. The molecule has 4 nitrogen and oxygen atoms in total. The molecule has 2 heterocycles. The van der Waals surface area contributed by atoms with Gasteiger partial charge in [-0.1, -0.05) is 44.2 Å². The van der Waals surface area contributed by atoms with Gasteiger partial charge in [-0.15, -0.1) is 0 Å². The molecule has 4 rings (SSSR count). The van der Waals surface area contributed by atoms with Crippen LogP contribution in [0.15, 0.2) is 42.6 Å². The van der Waals surface area contributed by atoms with Crippen LogP contribution in [0, 0.1) is 6.92 Å². The normalized spacial score (nSPS) is 11.7. The molecule has 0 fully saturated rings. The lowest BCUT2D eigenvalue weighted by Crippen LogP contribution is -2.09. The molecule has 0 amide bonds. The molecule has 0 atom stereocenters. The smallest absolute Gasteiger partial charge is 0.0793 e. The highest BCUT2D eigenvalue weighted by atomic mass is 15.1. The van der Waals surface area contributed by atoms with Crippen molar-refractivity contribution in [1.29, 1.82) is 0 Å². The molecule has 4 aromatic rings. The molecule has 132 valence electrons. The second-order valence-corrected chi connectivity index (χ2v) is 7.12. The van der Waals surface area contributed by atoms with Gasteiger partial charge in [-0.25, -0.2) is 0 Å². The summed E-state index contributed by atoms with van der Waals surface area (Å²) in [5.41, 5.74) is 6.93. The standard InChI is InChI=1S/C22H24N4/c1-13(2)15-9-10-20-19(12-24-26-20)21(15)22-17-8-6-5-7-16(17)18(11-23-4)14(3)25-22/h5-10,12-13,23H,11H2,1-4H3,(H,24,26). The summed E-state index contributed by atoms with van der Waals surface area (Å²) in [5, 5.41) is 14.2. The molecule has 0 aliphatic carbocycles. The van der Waals surface area contributed by atoms with E-state index in [0.717, 1.165) is 28.8 Å². The summed E-state index contributed by atoms with van der Waals surface area (Å²) in [6.07, 6.45) is 1.92. The zero-order valence-corrected chi connectivity index (χ0v) is 15.7. The van der Waals surface area contributed by atoms with Crippen molar-refractivity contribution in [3.05, 3.63) is 59.4 Å². The largest absolute Gasteiger partial charge is 0.316 e. The zero-order valence-electron chi connectivity index (χ0n) is 15.7. The number of aryl methyl sites for hydroxylation is 1. The first kappa shape index (κ1) is 16.7. The molecule has 0 saturated carbocycles. The van der Waals surface area contributed by atoms with Gasteiger partial charge in [0.25, 0.3) is 0 Å². The van der Waals surface area contributed by atoms with Gasteiger partial charge in [0.15, 0.2) is 0 Å². The molecular weight excluding hydrogens is 320 g/mol. The predicted octanol–water partition coefficient (Wildman–Crippen LogP) is 4.93. The van der Waals surface area contributed by atoms with E-state index in [-0.39, 0.29) is 0 Å². The van der Waals surface area contributed by atoms with Crippen molar-refractivity contribution < 1.29 is 0 Å². The minimum Gasteiger partial charge on any atom is -0.316 e. The van der Waals surface area contributed by atoms with E-state index in [0.29, 0.717) is 5.92 Å². The van der Waals surface area contributed by atoms with Crippen molar-refractivity contribution in [2.24, 2.45) is 0 Å². The Bertz CT molecular complexity index is 1090. The lowest BCUT2D eigenvalue weighted by Gasteiger charge is -2.18. The van der Waals surface area contributed by atoms with Crippen LogP contribution in [-0.4, -0.2) is 22.2 Å². The van der Waals surface area contributed by atoms with Gasteiger partial charge in [0.05, 0.1) is 17.4 Å². The van der Waals surface area contributed by atoms with E-state index in [1.807, 2.05) is 13.2 Å². The number of aromatic nitrogens is 3. The fraction of sp³-hybridized carbons (Fsp3) is 0.273. The Morgan fingerprint density at radius 3 is 2.54 bits per heavy atom. The van der Waals surface area contributed by atoms with Crippen LogP contribution in [0.5, 0.6) is 0 Å². The SMILES string of the molecule is CNCc1c(C)nc(-c2c(C(C)C)ccc3[nH]ncc23)c2ccccc12. The van der Waals surface area contributed by atoms with E-state index >= 15 is 0 Å². The monoisotopic (exact) mass is 344 g/mol. The fourth-order valence-electron chi connectivity index (χ4n) is 3.81. The third kappa shape index (κ3) is 2.58. The van der Waals surface area contributed by atoms with Gasteiger partial charge in [-0.2, -0.15) is 5.10 Å². The summed E-state index contributed by atoms with van der Waals surface area (Å²) < 4.78 is 0. The number of hydrogen-bond donors (Lipinski definition) is 2. The average Bonchev–Trinajstić information content (AvgIpc) is 3.12. The molecule has 0 spiro atoms. The first-order valence-electron chi connectivity index (χ1n) is 9.11. The van der Waals surface area contributed by atoms with Crippen molar-refractivity contribution in [2.45, 2.75) is 33.2 Å². The van der Waals surface area contributed by atoms with Gasteiger partial charge in [-0.3, -0.25) is 10.1 Å². The Morgan fingerprint density at radius 2 is 1.81 bits per heavy atom. The van der Waals surface area contributed by atoms with E-state index in [4.69, 9.17) is 4.98 Å². The molecule has 0 radical (unpaired) electrons. The molecule has 0 unspecified atom stereocenters. The summed E-state index contributed by atoms with van der Waals surface area (Å²) >= 11 is 0. The number of fused-ring (bicyclic) bond motifs is 2. The van der Waals surface area contributed by atoms with Crippen LogP contribution in [0.3, 0.4) is 0 Å². The van der Waals surface area contributed by atoms with Gasteiger partial charge >= 0.3 is 0 Å². The number of nitrogens with one attached hydrogen (secondary N) is 2. The Labute approximate surface area is 153 Å². The molecule has 0 aliphatic heterocycles. The van der Waals surface area contributed by atoms with Crippen LogP contribution in [0.2, 0.25) is 0 Å². The highest BCUT2D eigenvalue weighted by Crippen LogP contribution is 2.39. The van der Waals surface area contributed by atoms with Crippen molar-refractivity contribution in [1.82, 2.24) is 20.5 Å². The third-order valence-corrected chi connectivity index (χ3v) is 5.09. The van der Waals surface area contributed by atoms with Crippen molar-refractivity contribution in [3.8, 4) is 11.3 Å². The highest BCUT2D eigenvalue weighted by molar-refractivity contribution is 6.05. The topological polar surface area (TPSA) is 53.6 Å². The van der Waals surface area contributed by atoms with Crippen LogP contribution < -0.4 is 5.32 Å². The number of benzene rings is 2. The molecular formula is C22H24N4. The number of hydrogen-bond acceptors (Lipinski definition) is 3. The fourth-order valence-corrected chi connectivity index (χ4v) is 3.81. The van der Waals surface area contributed by atoms with Gasteiger partial charge in [0.2, 0.25) is 0 Å². The highest BCUT2D eigenvalue weighted by Gasteiger charge is 2.19. The van der Waals surface area contributed by atoms with Gasteiger partial charge in [-0.05, 0) is 42.5 Å². The average molecular weight is 344 g/mol. The Hall–Kier alpha value is -2.72. The number of aromatic amines is 1. The molecule has 4 heteroatoms. The van der Waals surface area contributed by atoms with Gasteiger partial charge < -0.3 is 5.32 Å². The minimum atomic E-state index is 0.405. The van der Waals surface area contributed by atoms with Crippen LogP contribution in [0.25, 0.3) is 32.9 Å². The number of H-pyrrole nitrogens is 1. The Kier molecular flexibility index (Phi) is 4.21. The number of nitrogens with zero attached hydrogens (tertiary/aromatic N) is 2. The molecule has 2 N–H and O–H groups in total. The van der Waals surface area contributed by atoms with Crippen molar-refractivity contribution in [3.63, 3.8) is 0 Å². The van der Waals surface area contributed by atoms with Crippen LogP contribution in [0.1, 0.15) is 36.6 Å². The number of rotatable bonds is 4. The van der Waals surface area contributed by atoms with E-state index in [1.54, 1.807) is 0 Å². The molecule has 0 saturated heterocycles. The summed E-state index contributed by atoms with van der Waals surface area (Å²) in [4.78, 5) is 5.08. The van der Waals surface area contributed by atoms with Crippen molar-refractivity contribution in [2.75, 3.05) is 7.05 Å².